The van der Waals surface area contributed by atoms with Gasteiger partial charge in [0.1, 0.15) is 0 Å². The summed E-state index contributed by atoms with van der Waals surface area (Å²) in [5.74, 6) is 0.0515. The summed E-state index contributed by atoms with van der Waals surface area (Å²) in [7, 11) is 0. The number of rotatable bonds is 5. The molecule has 0 aromatic heterocycles. The van der Waals surface area contributed by atoms with Gasteiger partial charge in [-0.05, 0) is 26.2 Å². The molecule has 4 nitrogen and oxygen atoms in total. The molecule has 90 valence electrons. The van der Waals surface area contributed by atoms with Crippen LogP contribution in [-0.4, -0.2) is 36.0 Å². The molecule has 1 rings (SSSR count). The van der Waals surface area contributed by atoms with E-state index in [1.54, 1.807) is 0 Å². The van der Waals surface area contributed by atoms with Gasteiger partial charge < -0.3 is 5.32 Å². The first-order valence-corrected chi connectivity index (χ1v) is 6.13. The molecular weight excluding hydrogens is 202 g/mol. The zero-order valence-electron chi connectivity index (χ0n) is 10.2. The van der Waals surface area contributed by atoms with Crippen LogP contribution < -0.4 is 5.32 Å². The second kappa shape index (κ2) is 6.49. The Balaban J connectivity index is 2.41. The largest absolute Gasteiger partial charge is 0.355 e. The molecule has 0 aromatic carbocycles. The lowest BCUT2D eigenvalue weighted by atomic mass is 10.2. The number of carbonyl (C=O) groups is 1. The monoisotopic (exact) mass is 223 g/mol. The summed E-state index contributed by atoms with van der Waals surface area (Å²) in [6.45, 7) is 5.59. The number of hydrogen-bond donors (Lipinski definition) is 1. The van der Waals surface area contributed by atoms with Crippen molar-refractivity contribution < 1.29 is 4.79 Å². The van der Waals surface area contributed by atoms with E-state index in [0.717, 1.165) is 38.8 Å². The minimum absolute atomic E-state index is 0.0515. The smallest absolute Gasteiger partial charge is 0.237 e. The Labute approximate surface area is 97.6 Å². The van der Waals surface area contributed by atoms with Gasteiger partial charge in [-0.15, -0.1) is 0 Å². The summed E-state index contributed by atoms with van der Waals surface area (Å²) in [5, 5.41) is 11.9. The van der Waals surface area contributed by atoms with Gasteiger partial charge in [-0.2, -0.15) is 5.26 Å². The number of nitriles is 1. The van der Waals surface area contributed by atoms with Crippen molar-refractivity contribution in [1.29, 1.82) is 5.26 Å². The predicted octanol–water partition coefficient (Wildman–Crippen LogP) is 1.28. The molecule has 1 N–H and O–H groups in total. The Bertz CT molecular complexity index is 272. The van der Waals surface area contributed by atoms with Gasteiger partial charge in [-0.3, -0.25) is 9.69 Å². The van der Waals surface area contributed by atoms with Gasteiger partial charge >= 0.3 is 0 Å². The number of carbonyl (C=O) groups excluding carboxylic acids is 1. The molecular formula is C12H21N3O. The van der Waals surface area contributed by atoms with Gasteiger partial charge in [0, 0.05) is 13.1 Å². The van der Waals surface area contributed by atoms with E-state index in [4.69, 9.17) is 5.26 Å². The maximum atomic E-state index is 11.8. The van der Waals surface area contributed by atoms with Crippen molar-refractivity contribution in [2.75, 3.05) is 13.1 Å². The van der Waals surface area contributed by atoms with Crippen molar-refractivity contribution in [2.45, 2.75) is 51.6 Å². The Kier molecular flexibility index (Phi) is 5.27. The minimum Gasteiger partial charge on any atom is -0.355 e. The molecule has 0 radical (unpaired) electrons. The molecule has 16 heavy (non-hydrogen) atoms. The summed E-state index contributed by atoms with van der Waals surface area (Å²) in [5.41, 5.74) is 0. The van der Waals surface area contributed by atoms with Crippen LogP contribution in [0.2, 0.25) is 0 Å². The molecule has 0 saturated carbocycles. The average Bonchev–Trinajstić information content (AvgIpc) is 2.76. The van der Waals surface area contributed by atoms with Crippen molar-refractivity contribution in [1.82, 2.24) is 10.2 Å². The van der Waals surface area contributed by atoms with Gasteiger partial charge in [0.2, 0.25) is 5.91 Å². The fraction of sp³-hybridized carbons (Fsp3) is 0.833. The molecule has 1 amide bonds. The SMILES string of the molecule is CCCCNC(=O)C(C)N1CCCC1C#N. The van der Waals surface area contributed by atoms with Crippen LogP contribution in [-0.2, 0) is 4.79 Å². The summed E-state index contributed by atoms with van der Waals surface area (Å²) in [6, 6.07) is 2.01. The Morgan fingerprint density at radius 1 is 1.69 bits per heavy atom. The van der Waals surface area contributed by atoms with Crippen molar-refractivity contribution in [3.05, 3.63) is 0 Å². The Morgan fingerprint density at radius 2 is 2.44 bits per heavy atom. The minimum atomic E-state index is -0.177. The maximum absolute atomic E-state index is 11.8. The van der Waals surface area contributed by atoms with E-state index >= 15 is 0 Å². The van der Waals surface area contributed by atoms with Crippen LogP contribution in [0.5, 0.6) is 0 Å². The first-order chi connectivity index (χ1) is 7.70. The summed E-state index contributed by atoms with van der Waals surface area (Å²) in [6.07, 6.45) is 4.01. The van der Waals surface area contributed by atoms with Crippen LogP contribution in [0.15, 0.2) is 0 Å². The predicted molar refractivity (Wildman–Crippen MR) is 62.7 cm³/mol. The molecule has 2 unspecified atom stereocenters. The number of nitrogens with one attached hydrogen (secondary N) is 1. The highest BCUT2D eigenvalue weighted by atomic mass is 16.2. The van der Waals surface area contributed by atoms with Crippen LogP contribution in [0.3, 0.4) is 0 Å². The summed E-state index contributed by atoms with van der Waals surface area (Å²) < 4.78 is 0. The van der Waals surface area contributed by atoms with Crippen LogP contribution in [0.1, 0.15) is 39.5 Å². The van der Waals surface area contributed by atoms with Gasteiger partial charge in [0.15, 0.2) is 0 Å². The molecule has 0 bridgehead atoms. The molecule has 1 aliphatic rings. The first-order valence-electron chi connectivity index (χ1n) is 6.13. The molecule has 4 heteroatoms. The highest BCUT2D eigenvalue weighted by Gasteiger charge is 2.31. The summed E-state index contributed by atoms with van der Waals surface area (Å²) >= 11 is 0. The molecule has 1 fully saturated rings. The number of likely N-dealkylation sites (tertiary alicyclic amines) is 1. The highest BCUT2D eigenvalue weighted by Crippen LogP contribution is 2.19. The van der Waals surface area contributed by atoms with E-state index in [1.165, 1.54) is 0 Å². The zero-order valence-corrected chi connectivity index (χ0v) is 10.2. The van der Waals surface area contributed by atoms with E-state index in [0.29, 0.717) is 0 Å². The standard InChI is InChI=1S/C12H21N3O/c1-3-4-7-14-12(16)10(2)15-8-5-6-11(15)9-13/h10-11H,3-8H2,1-2H3,(H,14,16). The number of amides is 1. The lowest BCUT2D eigenvalue weighted by Crippen LogP contribution is -2.47. The van der Waals surface area contributed by atoms with E-state index < -0.39 is 0 Å². The molecule has 1 saturated heterocycles. The van der Waals surface area contributed by atoms with Crippen molar-refractivity contribution >= 4 is 5.91 Å². The topological polar surface area (TPSA) is 56.1 Å². The Hall–Kier alpha value is -1.08. The first kappa shape index (κ1) is 13.0. The Morgan fingerprint density at radius 3 is 3.06 bits per heavy atom. The lowest BCUT2D eigenvalue weighted by Gasteiger charge is -2.25. The number of nitrogens with zero attached hydrogens (tertiary/aromatic N) is 2. The molecule has 1 heterocycles. The third kappa shape index (κ3) is 3.21. The lowest BCUT2D eigenvalue weighted by molar-refractivity contribution is -0.125. The summed E-state index contributed by atoms with van der Waals surface area (Å²) in [4.78, 5) is 13.8. The van der Waals surface area contributed by atoms with Crippen LogP contribution >= 0.6 is 0 Å². The van der Waals surface area contributed by atoms with Crippen LogP contribution in [0.4, 0.5) is 0 Å². The van der Waals surface area contributed by atoms with Crippen molar-refractivity contribution in [3.8, 4) is 6.07 Å². The van der Waals surface area contributed by atoms with E-state index in [2.05, 4.69) is 18.3 Å². The van der Waals surface area contributed by atoms with Crippen LogP contribution in [0, 0.1) is 11.3 Å². The van der Waals surface area contributed by atoms with E-state index in [9.17, 15) is 4.79 Å². The van der Waals surface area contributed by atoms with Gasteiger partial charge in [0.05, 0.1) is 18.2 Å². The second-order valence-electron chi connectivity index (χ2n) is 4.35. The third-order valence-corrected chi connectivity index (χ3v) is 3.15. The number of unbranched alkanes of at least 4 members (excludes halogenated alkanes) is 1. The normalized spacial score (nSPS) is 22.7. The third-order valence-electron chi connectivity index (χ3n) is 3.15. The van der Waals surface area contributed by atoms with Crippen LogP contribution in [0.25, 0.3) is 0 Å². The molecule has 0 aliphatic carbocycles. The van der Waals surface area contributed by atoms with E-state index in [1.807, 2.05) is 11.8 Å². The van der Waals surface area contributed by atoms with Crippen molar-refractivity contribution in [3.63, 3.8) is 0 Å². The van der Waals surface area contributed by atoms with Crippen molar-refractivity contribution in [2.24, 2.45) is 0 Å². The second-order valence-corrected chi connectivity index (χ2v) is 4.35. The fourth-order valence-electron chi connectivity index (χ4n) is 2.08. The number of hydrogen-bond acceptors (Lipinski definition) is 3. The zero-order chi connectivity index (χ0) is 12.0. The molecule has 1 aliphatic heterocycles. The fourth-order valence-corrected chi connectivity index (χ4v) is 2.08. The van der Waals surface area contributed by atoms with E-state index in [-0.39, 0.29) is 18.0 Å². The van der Waals surface area contributed by atoms with Gasteiger partial charge in [0.25, 0.3) is 0 Å². The maximum Gasteiger partial charge on any atom is 0.237 e. The average molecular weight is 223 g/mol. The van der Waals surface area contributed by atoms with Gasteiger partial charge in [-0.1, -0.05) is 13.3 Å². The highest BCUT2D eigenvalue weighted by molar-refractivity contribution is 5.81. The molecule has 0 spiro atoms. The molecule has 0 aromatic rings. The van der Waals surface area contributed by atoms with Gasteiger partial charge in [-0.25, -0.2) is 0 Å². The quantitative estimate of drug-likeness (QED) is 0.714. The molecule has 2 atom stereocenters.